The van der Waals surface area contributed by atoms with E-state index in [1.807, 2.05) is 13.8 Å². The summed E-state index contributed by atoms with van der Waals surface area (Å²) in [7, 11) is 0. The topological polar surface area (TPSA) is 34.0 Å². The van der Waals surface area contributed by atoms with Crippen LogP contribution in [0.15, 0.2) is 6.20 Å². The Hall–Kier alpha value is -1.04. The van der Waals surface area contributed by atoms with Gasteiger partial charge in [-0.1, -0.05) is 13.8 Å². The Morgan fingerprint density at radius 3 is 2.56 bits per heavy atom. The lowest BCUT2D eigenvalue weighted by Gasteiger charge is -2.38. The van der Waals surface area contributed by atoms with Crippen LogP contribution in [-0.2, 0) is 6.54 Å². The molecular weight excluding hydrogens is 214 g/mol. The maximum absolute atomic E-state index is 12.5. The van der Waals surface area contributed by atoms with Crippen LogP contribution in [0.3, 0.4) is 0 Å². The van der Waals surface area contributed by atoms with E-state index in [1.165, 1.54) is 0 Å². The number of rotatable bonds is 4. The molecule has 0 amide bonds. The highest BCUT2D eigenvalue weighted by atomic mass is 19.3. The second-order valence-corrected chi connectivity index (χ2v) is 4.59. The molecule has 1 aliphatic rings. The average molecular weight is 230 g/mol. The molecule has 4 nitrogen and oxygen atoms in total. The van der Waals surface area contributed by atoms with Crippen LogP contribution in [0.25, 0.3) is 0 Å². The first kappa shape index (κ1) is 11.4. The lowest BCUT2D eigenvalue weighted by Crippen LogP contribution is -2.56. The van der Waals surface area contributed by atoms with Crippen LogP contribution in [0.5, 0.6) is 0 Å². The fraction of sp³-hybridized carbons (Fsp3) is 0.800. The largest absolute Gasteiger partial charge is 0.290 e. The van der Waals surface area contributed by atoms with E-state index in [2.05, 4.69) is 10.2 Å². The molecular formula is C10H16F2N4. The predicted molar refractivity (Wildman–Crippen MR) is 55.5 cm³/mol. The highest BCUT2D eigenvalue weighted by Crippen LogP contribution is 2.25. The smallest absolute Gasteiger partial charge is 0.272 e. The minimum Gasteiger partial charge on any atom is -0.290 e. The molecule has 2 heterocycles. The number of nitrogens with zero attached hydrogens (tertiary/aromatic N) is 4. The van der Waals surface area contributed by atoms with Crippen LogP contribution in [-0.4, -0.2) is 45.5 Å². The molecule has 2 rings (SSSR count). The van der Waals surface area contributed by atoms with Gasteiger partial charge in [0, 0.05) is 6.54 Å². The van der Waals surface area contributed by atoms with Gasteiger partial charge in [-0.25, -0.2) is 8.78 Å². The van der Waals surface area contributed by atoms with Crippen molar-refractivity contribution in [3.05, 3.63) is 11.9 Å². The van der Waals surface area contributed by atoms with Gasteiger partial charge in [0.2, 0.25) is 0 Å². The Labute approximate surface area is 93.2 Å². The first-order chi connectivity index (χ1) is 7.46. The van der Waals surface area contributed by atoms with Crippen molar-refractivity contribution in [2.45, 2.75) is 32.2 Å². The van der Waals surface area contributed by atoms with E-state index in [4.69, 9.17) is 0 Å². The highest BCUT2D eigenvalue weighted by Gasteiger charge is 2.43. The summed E-state index contributed by atoms with van der Waals surface area (Å²) in [6.45, 7) is 4.98. The quantitative estimate of drug-likeness (QED) is 0.783. The summed E-state index contributed by atoms with van der Waals surface area (Å²) in [5.41, 5.74) is 0.939. The van der Waals surface area contributed by atoms with E-state index >= 15 is 0 Å². The summed E-state index contributed by atoms with van der Waals surface area (Å²) < 4.78 is 25.1. The van der Waals surface area contributed by atoms with Gasteiger partial charge in [-0.3, -0.25) is 4.90 Å². The number of alkyl halides is 2. The second kappa shape index (κ2) is 4.08. The Kier molecular flexibility index (Phi) is 2.92. The van der Waals surface area contributed by atoms with Crippen molar-refractivity contribution in [3.63, 3.8) is 0 Å². The Morgan fingerprint density at radius 1 is 1.38 bits per heavy atom. The van der Waals surface area contributed by atoms with Crippen molar-refractivity contribution in [1.29, 1.82) is 0 Å². The summed E-state index contributed by atoms with van der Waals surface area (Å²) in [6.07, 6.45) is 1.73. The zero-order valence-electron chi connectivity index (χ0n) is 9.53. The van der Waals surface area contributed by atoms with Gasteiger partial charge in [0.25, 0.3) is 5.92 Å². The van der Waals surface area contributed by atoms with Gasteiger partial charge >= 0.3 is 0 Å². The van der Waals surface area contributed by atoms with E-state index in [0.29, 0.717) is 19.0 Å². The van der Waals surface area contributed by atoms with Gasteiger partial charge in [0.05, 0.1) is 31.5 Å². The number of hydrogen-bond acceptors (Lipinski definition) is 3. The van der Waals surface area contributed by atoms with Crippen LogP contribution >= 0.6 is 0 Å². The van der Waals surface area contributed by atoms with Crippen molar-refractivity contribution in [3.8, 4) is 0 Å². The lowest BCUT2D eigenvalue weighted by atomic mass is 10.1. The van der Waals surface area contributed by atoms with Gasteiger partial charge in [-0.2, -0.15) is 15.0 Å². The lowest BCUT2D eigenvalue weighted by molar-refractivity contribution is -0.131. The van der Waals surface area contributed by atoms with Crippen molar-refractivity contribution < 1.29 is 8.78 Å². The molecule has 1 fully saturated rings. The third-order valence-corrected chi connectivity index (χ3v) is 2.67. The highest BCUT2D eigenvalue weighted by molar-refractivity contribution is 4.97. The van der Waals surface area contributed by atoms with Gasteiger partial charge in [0.15, 0.2) is 0 Å². The number of aromatic nitrogens is 3. The molecule has 1 aromatic heterocycles. The fourth-order valence-corrected chi connectivity index (χ4v) is 1.68. The zero-order chi connectivity index (χ0) is 11.8. The molecule has 0 saturated carbocycles. The van der Waals surface area contributed by atoms with Crippen LogP contribution in [0.1, 0.15) is 25.5 Å². The summed E-state index contributed by atoms with van der Waals surface area (Å²) in [5.74, 6) is -2.14. The van der Waals surface area contributed by atoms with Crippen LogP contribution in [0.4, 0.5) is 8.78 Å². The molecule has 1 aliphatic heterocycles. The average Bonchev–Trinajstić information content (AvgIpc) is 2.59. The molecule has 0 aliphatic carbocycles. The number of halogens is 2. The SMILES string of the molecule is CC(C)c1cnn(CCN2CC(F)(F)C2)n1. The van der Waals surface area contributed by atoms with Gasteiger partial charge < -0.3 is 0 Å². The molecule has 90 valence electrons. The molecule has 6 heteroatoms. The van der Waals surface area contributed by atoms with Crippen LogP contribution in [0.2, 0.25) is 0 Å². The Balaban J connectivity index is 1.78. The minimum absolute atomic E-state index is 0.134. The summed E-state index contributed by atoms with van der Waals surface area (Å²) in [6, 6.07) is 0. The fourth-order valence-electron chi connectivity index (χ4n) is 1.68. The third kappa shape index (κ3) is 2.55. The summed E-state index contributed by atoms with van der Waals surface area (Å²) in [4.78, 5) is 3.28. The number of hydrogen-bond donors (Lipinski definition) is 0. The molecule has 0 N–H and O–H groups in total. The summed E-state index contributed by atoms with van der Waals surface area (Å²) >= 11 is 0. The van der Waals surface area contributed by atoms with Crippen molar-refractivity contribution in [2.24, 2.45) is 0 Å². The van der Waals surface area contributed by atoms with E-state index < -0.39 is 5.92 Å². The van der Waals surface area contributed by atoms with E-state index in [0.717, 1.165) is 5.69 Å². The summed E-state index contributed by atoms with van der Waals surface area (Å²) in [5, 5.41) is 8.36. The zero-order valence-corrected chi connectivity index (χ0v) is 9.53. The Bertz CT molecular complexity index is 353. The first-order valence-electron chi connectivity index (χ1n) is 5.46. The molecule has 0 spiro atoms. The number of likely N-dealkylation sites (tertiary alicyclic amines) is 1. The van der Waals surface area contributed by atoms with Crippen molar-refractivity contribution >= 4 is 0 Å². The standard InChI is InChI=1S/C10H16F2N4/c1-8(2)9-5-13-16(14-9)4-3-15-6-10(11,12)7-15/h5,8H,3-4,6-7H2,1-2H3. The predicted octanol–water partition coefficient (Wildman–Crippen LogP) is 1.35. The molecule has 16 heavy (non-hydrogen) atoms. The van der Waals surface area contributed by atoms with Gasteiger partial charge in [-0.15, -0.1) is 0 Å². The van der Waals surface area contributed by atoms with E-state index in [1.54, 1.807) is 15.9 Å². The van der Waals surface area contributed by atoms with Crippen LogP contribution < -0.4 is 0 Å². The van der Waals surface area contributed by atoms with Gasteiger partial charge in [-0.05, 0) is 5.92 Å². The molecule has 1 aromatic rings. The Morgan fingerprint density at radius 2 is 2.06 bits per heavy atom. The van der Waals surface area contributed by atoms with Crippen molar-refractivity contribution in [1.82, 2.24) is 19.9 Å². The maximum atomic E-state index is 12.5. The van der Waals surface area contributed by atoms with E-state index in [9.17, 15) is 8.78 Å². The van der Waals surface area contributed by atoms with Gasteiger partial charge in [0.1, 0.15) is 0 Å². The minimum atomic E-state index is -2.49. The molecule has 1 saturated heterocycles. The molecule has 0 radical (unpaired) electrons. The monoisotopic (exact) mass is 230 g/mol. The van der Waals surface area contributed by atoms with Crippen LogP contribution in [0, 0.1) is 0 Å². The molecule has 0 aromatic carbocycles. The molecule has 0 atom stereocenters. The normalized spacial score (nSPS) is 20.1. The third-order valence-electron chi connectivity index (χ3n) is 2.67. The van der Waals surface area contributed by atoms with E-state index in [-0.39, 0.29) is 13.1 Å². The first-order valence-corrected chi connectivity index (χ1v) is 5.46. The van der Waals surface area contributed by atoms with Crippen molar-refractivity contribution in [2.75, 3.05) is 19.6 Å². The molecule has 0 unspecified atom stereocenters. The maximum Gasteiger partial charge on any atom is 0.272 e. The second-order valence-electron chi connectivity index (χ2n) is 4.59. The molecule has 0 bridgehead atoms.